The lowest BCUT2D eigenvalue weighted by molar-refractivity contribution is -0.137. The molecule has 13 heteroatoms. The minimum Gasteiger partial charge on any atom is -0.450 e. The predicted molar refractivity (Wildman–Crippen MR) is 136 cm³/mol. The fourth-order valence-corrected chi connectivity index (χ4v) is 5.08. The van der Waals surface area contributed by atoms with Gasteiger partial charge in [0.25, 0.3) is 0 Å². The molecule has 0 saturated heterocycles. The molecule has 0 heterocycles. The van der Waals surface area contributed by atoms with Crippen LogP contribution in [0.3, 0.4) is 0 Å². The number of benzene rings is 3. The van der Waals surface area contributed by atoms with Crippen LogP contribution in [-0.4, -0.2) is 24.8 Å². The second-order valence-electron chi connectivity index (χ2n) is 7.88. The number of guanidine groups is 1. The summed E-state index contributed by atoms with van der Waals surface area (Å²) in [6.07, 6.45) is -7.06. The monoisotopic (exact) mass is 550 g/mol. The van der Waals surface area contributed by atoms with Gasteiger partial charge < -0.3 is 30.6 Å². The highest BCUT2D eigenvalue weighted by Gasteiger charge is 2.42. The number of para-hydroxylation sites is 2. The largest absolute Gasteiger partial charge is 0.457 e. The second-order valence-corrected chi connectivity index (χ2v) is 9.84. The number of aliphatic imine (C=N–C) groups is 1. The molecule has 1 amide bonds. The summed E-state index contributed by atoms with van der Waals surface area (Å²) in [6, 6.07) is 22.3. The number of carbonyl (C=O) groups excluding carboxylic acids is 1. The fourth-order valence-electron chi connectivity index (χ4n) is 3.20. The molecule has 5 N–H and O–H groups in total. The zero-order valence-electron chi connectivity index (χ0n) is 20.0. The van der Waals surface area contributed by atoms with E-state index in [2.05, 4.69) is 10.3 Å². The van der Waals surface area contributed by atoms with Crippen molar-refractivity contribution >= 4 is 25.3 Å². The third-order valence-corrected chi connectivity index (χ3v) is 6.82. The Bertz CT molecular complexity index is 1210. The number of rotatable bonds is 11. The Morgan fingerprint density at radius 2 is 1.42 bits per heavy atom. The van der Waals surface area contributed by atoms with Gasteiger partial charge in [-0.05, 0) is 48.4 Å². The summed E-state index contributed by atoms with van der Waals surface area (Å²) in [5.41, 5.74) is 11.5. The number of hydrogen-bond donors (Lipinski definition) is 3. The molecule has 0 saturated carbocycles. The molecular weight excluding hydrogens is 524 g/mol. The first-order chi connectivity index (χ1) is 18.0. The number of halogens is 3. The van der Waals surface area contributed by atoms with E-state index in [0.29, 0.717) is 5.69 Å². The maximum Gasteiger partial charge on any atom is 0.457 e. The zero-order valence-corrected chi connectivity index (χ0v) is 20.9. The van der Waals surface area contributed by atoms with Gasteiger partial charge in [0.1, 0.15) is 11.5 Å². The van der Waals surface area contributed by atoms with Crippen LogP contribution in [0.1, 0.15) is 24.2 Å². The summed E-state index contributed by atoms with van der Waals surface area (Å²) in [6.45, 7) is -0.509. The van der Waals surface area contributed by atoms with Gasteiger partial charge in [0.2, 0.25) is 0 Å². The molecule has 3 aromatic carbocycles. The van der Waals surface area contributed by atoms with Crippen LogP contribution in [0.2, 0.25) is 0 Å². The molecule has 0 aromatic heterocycles. The Hall–Kier alpha value is -4.18. The smallest absolute Gasteiger partial charge is 0.450 e. The van der Waals surface area contributed by atoms with Crippen LogP contribution in [-0.2, 0) is 9.30 Å². The molecule has 0 spiro atoms. The Balaban J connectivity index is 1.95. The predicted octanol–water partition coefficient (Wildman–Crippen LogP) is 6.01. The van der Waals surface area contributed by atoms with Gasteiger partial charge in [0.15, 0.2) is 11.7 Å². The van der Waals surface area contributed by atoms with E-state index in [1.807, 2.05) is 0 Å². The number of nitrogens with two attached hydrogens (primary N) is 2. The first-order valence-corrected chi connectivity index (χ1v) is 12.9. The molecular formula is C25H26F3N4O5P. The average molecular weight is 550 g/mol. The highest BCUT2D eigenvalue weighted by atomic mass is 31.2. The molecule has 0 aliphatic carbocycles. The summed E-state index contributed by atoms with van der Waals surface area (Å²) in [4.78, 5) is 16.5. The maximum atomic E-state index is 14.4. The van der Waals surface area contributed by atoms with Crippen LogP contribution in [0.4, 0.5) is 23.7 Å². The minimum atomic E-state index is -4.39. The van der Waals surface area contributed by atoms with Crippen LogP contribution in [0, 0.1) is 0 Å². The number of nitrogens with one attached hydrogen (secondary N) is 1. The molecule has 0 aliphatic rings. The van der Waals surface area contributed by atoms with Gasteiger partial charge in [-0.2, -0.15) is 13.2 Å². The molecule has 202 valence electrons. The van der Waals surface area contributed by atoms with E-state index in [0.717, 1.165) is 0 Å². The van der Waals surface area contributed by atoms with Gasteiger partial charge in [-0.3, -0.25) is 0 Å². The van der Waals surface area contributed by atoms with Crippen molar-refractivity contribution in [2.24, 2.45) is 16.5 Å². The molecule has 3 rings (SSSR count). The van der Waals surface area contributed by atoms with Gasteiger partial charge in [-0.1, -0.05) is 48.5 Å². The van der Waals surface area contributed by atoms with Crippen molar-refractivity contribution in [3.05, 3.63) is 90.5 Å². The number of alkyl halides is 3. The summed E-state index contributed by atoms with van der Waals surface area (Å²) in [7, 11) is -4.33. The normalized spacial score (nSPS) is 12.2. The number of ether oxygens (including phenoxy) is 1. The number of hydrogen-bond acceptors (Lipinski definition) is 6. The van der Waals surface area contributed by atoms with Gasteiger partial charge >= 0.3 is 19.9 Å². The fraction of sp³-hybridized carbons (Fsp3) is 0.200. The quantitative estimate of drug-likeness (QED) is 0.115. The van der Waals surface area contributed by atoms with E-state index in [1.165, 1.54) is 24.3 Å². The third-order valence-electron chi connectivity index (χ3n) is 4.83. The lowest BCUT2D eigenvalue weighted by Gasteiger charge is -2.28. The number of nitrogens with zero attached hydrogens (tertiary/aromatic N) is 1. The Morgan fingerprint density at radius 3 is 1.89 bits per heavy atom. The summed E-state index contributed by atoms with van der Waals surface area (Å²) >= 11 is 0. The summed E-state index contributed by atoms with van der Waals surface area (Å²) in [5.74, 6) is -1.24. The van der Waals surface area contributed by atoms with Crippen molar-refractivity contribution in [3.8, 4) is 11.5 Å². The van der Waals surface area contributed by atoms with Gasteiger partial charge in [0.05, 0.1) is 12.3 Å². The Labute approximate surface area is 217 Å². The second kappa shape index (κ2) is 12.9. The van der Waals surface area contributed by atoms with Crippen LogP contribution < -0.4 is 25.8 Å². The van der Waals surface area contributed by atoms with Crippen molar-refractivity contribution in [2.45, 2.75) is 24.8 Å². The zero-order chi connectivity index (χ0) is 27.6. The van der Waals surface area contributed by atoms with Crippen molar-refractivity contribution in [1.82, 2.24) is 5.32 Å². The molecule has 0 fully saturated rings. The molecule has 9 nitrogen and oxygen atoms in total. The van der Waals surface area contributed by atoms with E-state index in [-0.39, 0.29) is 23.0 Å². The van der Waals surface area contributed by atoms with Gasteiger partial charge in [-0.25, -0.2) is 14.4 Å². The summed E-state index contributed by atoms with van der Waals surface area (Å²) in [5, 5.41) is 2.43. The lowest BCUT2D eigenvalue weighted by Crippen LogP contribution is -2.32. The number of alkyl carbamates (subject to hydrolysis) is 1. The van der Waals surface area contributed by atoms with Crippen LogP contribution in [0.5, 0.6) is 11.5 Å². The number of carbonyl (C=O) groups is 1. The highest BCUT2D eigenvalue weighted by molar-refractivity contribution is 7.55. The average Bonchev–Trinajstić information content (AvgIpc) is 2.86. The first-order valence-electron chi connectivity index (χ1n) is 11.3. The van der Waals surface area contributed by atoms with Crippen molar-refractivity contribution in [1.29, 1.82) is 0 Å². The van der Waals surface area contributed by atoms with Crippen LogP contribution in [0.15, 0.2) is 89.9 Å². The van der Waals surface area contributed by atoms with Crippen molar-refractivity contribution < 1.29 is 36.3 Å². The van der Waals surface area contributed by atoms with Gasteiger partial charge in [-0.15, -0.1) is 0 Å². The van der Waals surface area contributed by atoms with E-state index >= 15 is 0 Å². The first kappa shape index (κ1) is 28.4. The maximum absolute atomic E-state index is 14.4. The third kappa shape index (κ3) is 9.04. The lowest BCUT2D eigenvalue weighted by atomic mass is 10.2. The summed E-state index contributed by atoms with van der Waals surface area (Å²) < 4.78 is 68.3. The minimum absolute atomic E-state index is 0.180. The molecule has 0 radical (unpaired) electrons. The molecule has 38 heavy (non-hydrogen) atoms. The molecule has 1 atom stereocenters. The Morgan fingerprint density at radius 1 is 0.895 bits per heavy atom. The highest BCUT2D eigenvalue weighted by Crippen LogP contribution is 2.59. The standard InChI is InChI=1S/C25H26F3N4O5P/c26-25(27,28)16-7-17-35-24(33)32-22(18-12-14-19(15-13-18)31-23(29)30)38(34,36-20-8-3-1-4-9-20)37-21-10-5-2-6-11-21/h1-6,8-15,22H,7,16-17H2,(H,32,33)(H4,29,30,31). The van der Waals surface area contributed by atoms with Crippen molar-refractivity contribution in [2.75, 3.05) is 6.61 Å². The molecule has 0 bridgehead atoms. The number of amides is 1. The van der Waals surface area contributed by atoms with E-state index < -0.39 is 45.1 Å². The molecule has 3 aromatic rings. The molecule has 1 unspecified atom stereocenters. The van der Waals surface area contributed by atoms with E-state index in [4.69, 9.17) is 25.3 Å². The van der Waals surface area contributed by atoms with Crippen LogP contribution in [0.25, 0.3) is 0 Å². The SMILES string of the molecule is NC(N)=Nc1ccc(C(NC(=O)OCCCC(F)(F)F)P(=O)(Oc2ccccc2)Oc2ccccc2)cc1. The van der Waals surface area contributed by atoms with Gasteiger partial charge in [0, 0.05) is 6.42 Å². The molecule has 0 aliphatic heterocycles. The van der Waals surface area contributed by atoms with Crippen LogP contribution >= 0.6 is 7.60 Å². The van der Waals surface area contributed by atoms with Crippen molar-refractivity contribution in [3.63, 3.8) is 0 Å². The Kier molecular flexibility index (Phi) is 9.61. The van der Waals surface area contributed by atoms with E-state index in [9.17, 15) is 22.5 Å². The topological polar surface area (TPSA) is 138 Å². The van der Waals surface area contributed by atoms with E-state index in [1.54, 1.807) is 60.7 Å².